The van der Waals surface area contributed by atoms with Crippen LogP contribution < -0.4 is 14.8 Å². The van der Waals surface area contributed by atoms with E-state index in [1.807, 2.05) is 6.07 Å². The van der Waals surface area contributed by atoms with Crippen LogP contribution in [0.25, 0.3) is 6.08 Å². The van der Waals surface area contributed by atoms with Gasteiger partial charge in [0.15, 0.2) is 11.5 Å². The smallest absolute Gasteiger partial charge is 0.266 e. The summed E-state index contributed by atoms with van der Waals surface area (Å²) in [4.78, 5) is 12.5. The number of ether oxygens (including phenoxy) is 2. The molecule has 0 bridgehead atoms. The Labute approximate surface area is 169 Å². The highest BCUT2D eigenvalue weighted by Gasteiger charge is 2.16. The van der Waals surface area contributed by atoms with Crippen LogP contribution in [0.1, 0.15) is 5.56 Å². The summed E-state index contributed by atoms with van der Waals surface area (Å²) in [5, 5.41) is 12.5. The van der Waals surface area contributed by atoms with Crippen LogP contribution in [-0.2, 0) is 4.79 Å². The first-order valence-corrected chi connectivity index (χ1v) is 8.74. The Balaban J connectivity index is 2.42. The molecular weight excluding hydrogens is 443 g/mol. The van der Waals surface area contributed by atoms with E-state index in [4.69, 9.17) is 32.7 Å². The Morgan fingerprint density at radius 1 is 1.27 bits per heavy atom. The summed E-state index contributed by atoms with van der Waals surface area (Å²) in [5.41, 5.74) is 0.672. The third kappa shape index (κ3) is 4.50. The van der Waals surface area contributed by atoms with Gasteiger partial charge in [-0.05, 0) is 30.3 Å². The number of benzene rings is 2. The molecule has 0 aromatic heterocycles. The molecule has 0 saturated heterocycles. The maximum absolute atomic E-state index is 12.5. The number of methoxy groups -OCH3 is 2. The molecule has 0 saturated carbocycles. The number of nitrogens with zero attached hydrogens (tertiary/aromatic N) is 1. The van der Waals surface area contributed by atoms with Crippen molar-refractivity contribution >= 4 is 56.8 Å². The molecule has 2 aromatic rings. The number of carbonyl (C=O) groups excluding carboxylic acids is 1. The summed E-state index contributed by atoms with van der Waals surface area (Å²) in [7, 11) is 2.97. The maximum atomic E-state index is 12.5. The highest BCUT2D eigenvalue weighted by Crippen LogP contribution is 2.36. The fraction of sp³-hybridized carbons (Fsp3) is 0.111. The van der Waals surface area contributed by atoms with Crippen molar-refractivity contribution in [1.29, 1.82) is 5.26 Å². The van der Waals surface area contributed by atoms with Crippen LogP contribution in [0.3, 0.4) is 0 Å². The minimum atomic E-state index is -0.627. The second kappa shape index (κ2) is 8.95. The lowest BCUT2D eigenvalue weighted by atomic mass is 10.1. The van der Waals surface area contributed by atoms with Gasteiger partial charge in [0, 0.05) is 10.0 Å². The zero-order chi connectivity index (χ0) is 19.3. The number of hydrogen-bond donors (Lipinski definition) is 1. The van der Waals surface area contributed by atoms with Crippen molar-refractivity contribution in [2.24, 2.45) is 0 Å². The lowest BCUT2D eigenvalue weighted by Gasteiger charge is -2.12. The number of rotatable bonds is 5. The van der Waals surface area contributed by atoms with Gasteiger partial charge in [-0.1, -0.05) is 45.2 Å². The molecule has 0 fully saturated rings. The Morgan fingerprint density at radius 3 is 2.62 bits per heavy atom. The fourth-order valence-electron chi connectivity index (χ4n) is 2.16. The first-order chi connectivity index (χ1) is 12.4. The summed E-state index contributed by atoms with van der Waals surface area (Å²) in [6.07, 6.45) is 1.40. The first kappa shape index (κ1) is 20.1. The van der Waals surface area contributed by atoms with Gasteiger partial charge >= 0.3 is 0 Å². The van der Waals surface area contributed by atoms with Crippen LogP contribution in [0.5, 0.6) is 11.5 Å². The summed E-state index contributed by atoms with van der Waals surface area (Å²) in [6.45, 7) is 0. The molecule has 1 N–H and O–H groups in total. The van der Waals surface area contributed by atoms with Crippen LogP contribution in [0.15, 0.2) is 40.4 Å². The van der Waals surface area contributed by atoms with Crippen LogP contribution >= 0.6 is 39.1 Å². The van der Waals surface area contributed by atoms with Crippen molar-refractivity contribution in [1.82, 2.24) is 0 Å². The van der Waals surface area contributed by atoms with Gasteiger partial charge in [-0.15, -0.1) is 0 Å². The van der Waals surface area contributed by atoms with Gasteiger partial charge in [0.1, 0.15) is 11.6 Å². The second-order valence-electron chi connectivity index (χ2n) is 4.96. The maximum Gasteiger partial charge on any atom is 0.266 e. The standard InChI is InChI=1S/C18H13BrCl2N2O3/c1-25-15-8-12(19)7-10(17(15)26-2)6-11(9-22)18(24)23-14-5-3-4-13(20)16(14)21/h3-8H,1-2H3,(H,23,24)/b11-6-. The molecule has 0 spiro atoms. The second-order valence-corrected chi connectivity index (χ2v) is 6.66. The molecule has 0 aliphatic heterocycles. The minimum absolute atomic E-state index is 0.139. The molecule has 0 atom stereocenters. The molecule has 0 aliphatic rings. The number of anilines is 1. The molecule has 0 heterocycles. The molecule has 134 valence electrons. The SMILES string of the molecule is COc1cc(Br)cc(/C=C(/C#N)C(=O)Nc2cccc(Cl)c2Cl)c1OC. The predicted octanol–water partition coefficient (Wildman–Crippen LogP) is 5.32. The number of amides is 1. The number of nitrogens with one attached hydrogen (secondary N) is 1. The van der Waals surface area contributed by atoms with Crippen LogP contribution in [-0.4, -0.2) is 20.1 Å². The topological polar surface area (TPSA) is 71.3 Å². The van der Waals surface area contributed by atoms with Crippen molar-refractivity contribution in [3.63, 3.8) is 0 Å². The van der Waals surface area contributed by atoms with Crippen molar-refractivity contribution in [3.05, 3.63) is 56.0 Å². The lowest BCUT2D eigenvalue weighted by molar-refractivity contribution is -0.112. The number of halogens is 3. The monoisotopic (exact) mass is 454 g/mol. The zero-order valence-corrected chi connectivity index (χ0v) is 16.9. The predicted molar refractivity (Wildman–Crippen MR) is 106 cm³/mol. The van der Waals surface area contributed by atoms with E-state index in [1.54, 1.807) is 30.3 Å². The summed E-state index contributed by atoms with van der Waals surface area (Å²) in [6, 6.07) is 10.1. The average molecular weight is 456 g/mol. The van der Waals surface area contributed by atoms with Crippen molar-refractivity contribution in [2.45, 2.75) is 0 Å². The Hall–Kier alpha value is -2.20. The van der Waals surface area contributed by atoms with E-state index in [2.05, 4.69) is 21.2 Å². The van der Waals surface area contributed by atoms with E-state index in [9.17, 15) is 10.1 Å². The van der Waals surface area contributed by atoms with E-state index < -0.39 is 5.91 Å². The molecule has 0 aliphatic carbocycles. The molecule has 2 aromatic carbocycles. The van der Waals surface area contributed by atoms with Crippen LogP contribution in [0, 0.1) is 11.3 Å². The number of nitriles is 1. The van der Waals surface area contributed by atoms with Gasteiger partial charge < -0.3 is 14.8 Å². The Bertz CT molecular complexity index is 923. The molecule has 1 amide bonds. The van der Waals surface area contributed by atoms with Crippen molar-refractivity contribution in [2.75, 3.05) is 19.5 Å². The summed E-state index contributed by atoms with van der Waals surface area (Å²) in [5.74, 6) is 0.235. The van der Waals surface area contributed by atoms with Gasteiger partial charge in [-0.3, -0.25) is 4.79 Å². The largest absolute Gasteiger partial charge is 0.493 e. The first-order valence-electron chi connectivity index (χ1n) is 7.20. The van der Waals surface area contributed by atoms with Gasteiger partial charge in [0.25, 0.3) is 5.91 Å². The van der Waals surface area contributed by atoms with Gasteiger partial charge in [-0.25, -0.2) is 0 Å². The van der Waals surface area contributed by atoms with E-state index in [0.717, 1.165) is 0 Å². The Morgan fingerprint density at radius 2 is 2.00 bits per heavy atom. The molecule has 26 heavy (non-hydrogen) atoms. The third-order valence-corrected chi connectivity index (χ3v) is 4.61. The van der Waals surface area contributed by atoms with Crippen molar-refractivity contribution < 1.29 is 14.3 Å². The van der Waals surface area contributed by atoms with Gasteiger partial charge in [0.2, 0.25) is 0 Å². The molecule has 2 rings (SSSR count). The fourth-order valence-corrected chi connectivity index (χ4v) is 2.96. The van der Waals surface area contributed by atoms with E-state index in [-0.39, 0.29) is 10.6 Å². The quantitative estimate of drug-likeness (QED) is 0.489. The average Bonchev–Trinajstić information content (AvgIpc) is 2.62. The Kier molecular flexibility index (Phi) is 6.92. The summed E-state index contributed by atoms with van der Waals surface area (Å²) < 4.78 is 11.3. The molecule has 8 heteroatoms. The van der Waals surface area contributed by atoms with E-state index in [0.29, 0.717) is 32.2 Å². The molecule has 5 nitrogen and oxygen atoms in total. The molecular formula is C18H13BrCl2N2O3. The number of carbonyl (C=O) groups is 1. The highest BCUT2D eigenvalue weighted by atomic mass is 79.9. The minimum Gasteiger partial charge on any atom is -0.493 e. The van der Waals surface area contributed by atoms with E-state index >= 15 is 0 Å². The zero-order valence-electron chi connectivity index (χ0n) is 13.8. The van der Waals surface area contributed by atoms with E-state index in [1.165, 1.54) is 20.3 Å². The third-order valence-electron chi connectivity index (χ3n) is 3.34. The molecule has 0 unspecified atom stereocenters. The van der Waals surface area contributed by atoms with Gasteiger partial charge in [-0.2, -0.15) is 5.26 Å². The lowest BCUT2D eigenvalue weighted by Crippen LogP contribution is -2.14. The number of hydrogen-bond acceptors (Lipinski definition) is 4. The van der Waals surface area contributed by atoms with Gasteiger partial charge in [0.05, 0.1) is 30.0 Å². The normalized spacial score (nSPS) is 10.8. The van der Waals surface area contributed by atoms with Crippen LogP contribution in [0.4, 0.5) is 5.69 Å². The summed E-state index contributed by atoms with van der Waals surface area (Å²) >= 11 is 15.4. The molecule has 0 radical (unpaired) electrons. The van der Waals surface area contributed by atoms with Crippen molar-refractivity contribution in [3.8, 4) is 17.6 Å². The van der Waals surface area contributed by atoms with Crippen LogP contribution in [0.2, 0.25) is 10.0 Å². The highest BCUT2D eigenvalue weighted by molar-refractivity contribution is 9.10.